The molecule has 1 aromatic carbocycles. The van der Waals surface area contributed by atoms with Gasteiger partial charge in [0.2, 0.25) is 0 Å². The van der Waals surface area contributed by atoms with Crippen molar-refractivity contribution in [2.75, 3.05) is 59.6 Å². The lowest BCUT2D eigenvalue weighted by atomic mass is 9.95. The maximum Gasteiger partial charge on any atom is 0.322 e. The van der Waals surface area contributed by atoms with Crippen LogP contribution in [-0.4, -0.2) is 86.2 Å². The first-order chi connectivity index (χ1) is 14.6. The Morgan fingerprint density at radius 1 is 1.13 bits per heavy atom. The Morgan fingerprint density at radius 2 is 1.87 bits per heavy atom. The highest BCUT2D eigenvalue weighted by Crippen LogP contribution is 2.36. The molecule has 3 aliphatic rings. The summed E-state index contributed by atoms with van der Waals surface area (Å²) >= 11 is 0. The van der Waals surface area contributed by atoms with E-state index in [1.165, 1.54) is 0 Å². The van der Waals surface area contributed by atoms with E-state index in [1.54, 1.807) is 11.9 Å². The Balaban J connectivity index is 1.46. The molecule has 0 aliphatic carbocycles. The fourth-order valence-corrected chi connectivity index (χ4v) is 4.29. The third-order valence-electron chi connectivity index (χ3n) is 5.97. The quantitative estimate of drug-likeness (QED) is 0.734. The van der Waals surface area contributed by atoms with Gasteiger partial charge in [0.05, 0.1) is 43.7 Å². The predicted octanol–water partition coefficient (Wildman–Crippen LogP) is 1.60. The average molecular weight is 415 g/mol. The summed E-state index contributed by atoms with van der Waals surface area (Å²) in [6.07, 6.45) is 0.908. The van der Waals surface area contributed by atoms with E-state index in [1.807, 2.05) is 36.1 Å². The molecule has 3 aliphatic heterocycles. The molecule has 0 radical (unpaired) electrons. The lowest BCUT2D eigenvalue weighted by Crippen LogP contribution is -2.45. The van der Waals surface area contributed by atoms with Gasteiger partial charge in [0.1, 0.15) is 5.75 Å². The first kappa shape index (κ1) is 20.7. The smallest absolute Gasteiger partial charge is 0.322 e. The molecule has 3 amide bonds. The van der Waals surface area contributed by atoms with Crippen molar-refractivity contribution in [3.8, 4) is 5.75 Å². The van der Waals surface area contributed by atoms with Gasteiger partial charge in [-0.05, 0) is 31.0 Å². The Morgan fingerprint density at radius 3 is 2.57 bits per heavy atom. The molecule has 1 saturated heterocycles. The molecule has 8 nitrogen and oxygen atoms in total. The van der Waals surface area contributed by atoms with Crippen LogP contribution < -0.4 is 10.1 Å². The fraction of sp³-hybridized carbons (Fsp3) is 0.545. The second kappa shape index (κ2) is 9.06. The van der Waals surface area contributed by atoms with Gasteiger partial charge in [0, 0.05) is 33.2 Å². The second-order valence-corrected chi connectivity index (χ2v) is 7.84. The number of benzene rings is 1. The minimum absolute atomic E-state index is 0.0118. The van der Waals surface area contributed by atoms with Gasteiger partial charge in [-0.1, -0.05) is 12.1 Å². The topological polar surface area (TPSA) is 74.4 Å². The highest BCUT2D eigenvalue weighted by atomic mass is 16.5. The summed E-state index contributed by atoms with van der Waals surface area (Å²) in [6.45, 7) is 8.10. The molecule has 0 unspecified atom stereocenters. The molecule has 0 saturated carbocycles. The largest absolute Gasteiger partial charge is 0.494 e. The van der Waals surface area contributed by atoms with E-state index in [0.717, 1.165) is 56.3 Å². The van der Waals surface area contributed by atoms with Crippen molar-refractivity contribution >= 4 is 11.9 Å². The Hall–Kier alpha value is -2.58. The van der Waals surface area contributed by atoms with Crippen molar-refractivity contribution in [2.24, 2.45) is 0 Å². The van der Waals surface area contributed by atoms with Crippen LogP contribution in [0.4, 0.5) is 4.79 Å². The number of rotatable bonds is 7. The lowest BCUT2D eigenvalue weighted by Gasteiger charge is -2.31. The number of amides is 3. The van der Waals surface area contributed by atoms with Crippen LogP contribution in [0.25, 0.3) is 0 Å². The minimum atomic E-state index is -0.434. The number of urea groups is 1. The molecule has 3 heterocycles. The van der Waals surface area contributed by atoms with Gasteiger partial charge in [-0.25, -0.2) is 4.79 Å². The van der Waals surface area contributed by atoms with E-state index >= 15 is 0 Å². The van der Waals surface area contributed by atoms with Crippen molar-refractivity contribution < 1.29 is 19.1 Å². The van der Waals surface area contributed by atoms with Gasteiger partial charge in [-0.2, -0.15) is 0 Å². The number of likely N-dealkylation sites (N-methyl/N-ethyl adjacent to an activating group) is 1. The summed E-state index contributed by atoms with van der Waals surface area (Å²) in [4.78, 5) is 31.6. The maximum absolute atomic E-state index is 13.3. The van der Waals surface area contributed by atoms with E-state index in [2.05, 4.69) is 10.2 Å². The number of carbonyl (C=O) groups excluding carboxylic acids is 2. The molecule has 0 spiro atoms. The summed E-state index contributed by atoms with van der Waals surface area (Å²) < 4.78 is 10.9. The van der Waals surface area contributed by atoms with Crippen LogP contribution in [0.2, 0.25) is 0 Å². The maximum atomic E-state index is 13.3. The molecule has 4 rings (SSSR count). The molecule has 0 bridgehead atoms. The number of nitrogens with one attached hydrogen (secondary N) is 1. The normalized spacial score (nSPS) is 22.4. The van der Waals surface area contributed by atoms with Crippen LogP contribution in [0.1, 0.15) is 24.9 Å². The summed E-state index contributed by atoms with van der Waals surface area (Å²) in [5.74, 6) is 0.787. The molecule has 1 aromatic rings. The first-order valence-electron chi connectivity index (χ1n) is 10.7. The molecule has 30 heavy (non-hydrogen) atoms. The molecule has 1 fully saturated rings. The van der Waals surface area contributed by atoms with E-state index in [9.17, 15) is 9.59 Å². The van der Waals surface area contributed by atoms with Crippen molar-refractivity contribution in [3.05, 3.63) is 41.1 Å². The highest BCUT2D eigenvalue weighted by Gasteiger charge is 2.42. The zero-order chi connectivity index (χ0) is 21.1. The van der Waals surface area contributed by atoms with Gasteiger partial charge in [0.25, 0.3) is 5.91 Å². The summed E-state index contributed by atoms with van der Waals surface area (Å²) in [5, 5.41) is 2.98. The third kappa shape index (κ3) is 4.15. The predicted molar refractivity (Wildman–Crippen MR) is 112 cm³/mol. The van der Waals surface area contributed by atoms with E-state index in [0.29, 0.717) is 25.3 Å². The van der Waals surface area contributed by atoms with E-state index in [4.69, 9.17) is 9.47 Å². The molecule has 8 heteroatoms. The van der Waals surface area contributed by atoms with Gasteiger partial charge >= 0.3 is 6.03 Å². The van der Waals surface area contributed by atoms with Gasteiger partial charge in [-0.15, -0.1) is 0 Å². The number of morpholine rings is 1. The number of ether oxygens (including phenoxy) is 2. The molecule has 0 aromatic heterocycles. The van der Waals surface area contributed by atoms with E-state index < -0.39 is 6.04 Å². The minimum Gasteiger partial charge on any atom is -0.494 e. The lowest BCUT2D eigenvalue weighted by molar-refractivity contribution is -0.125. The van der Waals surface area contributed by atoms with E-state index in [-0.39, 0.29) is 11.9 Å². The van der Waals surface area contributed by atoms with Crippen LogP contribution in [0.5, 0.6) is 5.75 Å². The van der Waals surface area contributed by atoms with Crippen molar-refractivity contribution in [3.63, 3.8) is 0 Å². The van der Waals surface area contributed by atoms with Crippen LogP contribution in [0.3, 0.4) is 0 Å². The number of hydrogen-bond donors (Lipinski definition) is 1. The molecular formula is C22H30N4O4. The zero-order valence-electron chi connectivity index (χ0n) is 17.7. The van der Waals surface area contributed by atoms with Crippen molar-refractivity contribution in [2.45, 2.75) is 19.4 Å². The number of hydrogen-bond acceptors (Lipinski definition) is 5. The zero-order valence-corrected chi connectivity index (χ0v) is 17.7. The van der Waals surface area contributed by atoms with Crippen LogP contribution in [0.15, 0.2) is 35.5 Å². The van der Waals surface area contributed by atoms with Gasteiger partial charge < -0.3 is 19.7 Å². The summed E-state index contributed by atoms with van der Waals surface area (Å²) in [7, 11) is 1.73. The van der Waals surface area contributed by atoms with Crippen molar-refractivity contribution in [1.29, 1.82) is 0 Å². The number of carbonyl (C=O) groups is 2. The van der Waals surface area contributed by atoms with Gasteiger partial charge in [0.15, 0.2) is 0 Å². The highest BCUT2D eigenvalue weighted by molar-refractivity contribution is 6.01. The average Bonchev–Trinajstić information content (AvgIpc) is 3.09. The standard InChI is InChI=1S/C22H30N4O4/c1-3-30-17-7-5-16(6-8-17)20-19-18(24(2)22(28)23-20)15-26(21(19)27)10-4-9-25-11-13-29-14-12-25/h5-8,20H,3-4,9-15H2,1-2H3,(H,23,28)/t20-/m0/s1. The third-order valence-corrected chi connectivity index (χ3v) is 5.97. The molecule has 162 valence electrons. The summed E-state index contributed by atoms with van der Waals surface area (Å²) in [6, 6.07) is 6.97. The van der Waals surface area contributed by atoms with Gasteiger partial charge in [-0.3, -0.25) is 14.6 Å². The molecule has 1 N–H and O–H groups in total. The Bertz CT molecular complexity index is 817. The monoisotopic (exact) mass is 414 g/mol. The Kier molecular flexibility index (Phi) is 6.24. The van der Waals surface area contributed by atoms with Crippen LogP contribution in [-0.2, 0) is 9.53 Å². The molecular weight excluding hydrogens is 384 g/mol. The Labute approximate surface area is 177 Å². The SMILES string of the molecule is CCOc1ccc([C@@H]2NC(=O)N(C)C3=C2C(=O)N(CCCN2CCOCC2)C3)cc1. The summed E-state index contributed by atoms with van der Waals surface area (Å²) in [5.41, 5.74) is 2.36. The second-order valence-electron chi connectivity index (χ2n) is 7.84. The van der Waals surface area contributed by atoms with Crippen molar-refractivity contribution in [1.82, 2.24) is 20.0 Å². The fourth-order valence-electron chi connectivity index (χ4n) is 4.29. The molecule has 1 atom stereocenters. The van der Waals surface area contributed by atoms with Crippen LogP contribution in [0, 0.1) is 0 Å². The number of nitrogens with zero attached hydrogens (tertiary/aromatic N) is 3. The van der Waals surface area contributed by atoms with Crippen LogP contribution >= 0.6 is 0 Å². The first-order valence-corrected chi connectivity index (χ1v) is 10.7.